The van der Waals surface area contributed by atoms with Gasteiger partial charge in [-0.2, -0.15) is 0 Å². The zero-order valence-electron chi connectivity index (χ0n) is 12.3. The molecule has 0 unspecified atom stereocenters. The molecule has 1 fully saturated rings. The van der Waals surface area contributed by atoms with Gasteiger partial charge in [-0.3, -0.25) is 4.79 Å². The predicted octanol–water partition coefficient (Wildman–Crippen LogP) is 3.98. The molecular weight excluding hydrogens is 212 g/mol. The van der Waals surface area contributed by atoms with Gasteiger partial charge in [0.15, 0.2) is 0 Å². The quantitative estimate of drug-likeness (QED) is 0.730. The molecule has 1 aliphatic rings. The van der Waals surface area contributed by atoms with Crippen molar-refractivity contribution >= 4 is 5.78 Å². The maximum Gasteiger partial charge on any atom is 0.141 e. The first-order chi connectivity index (χ1) is 7.59. The normalized spacial score (nSPS) is 26.9. The summed E-state index contributed by atoms with van der Waals surface area (Å²) in [4.78, 5) is 12.2. The fraction of sp³-hybridized carbons (Fsp3) is 0.933. The SMILES string of the molecule is CC(C)(C)O[C@H]1CC[C@@H](C(=O)C(C)(C)C)CC1. The molecule has 1 rings (SSSR count). The molecule has 0 radical (unpaired) electrons. The van der Waals surface area contributed by atoms with Crippen LogP contribution in [-0.2, 0) is 9.53 Å². The van der Waals surface area contributed by atoms with Crippen LogP contribution in [0.2, 0.25) is 0 Å². The van der Waals surface area contributed by atoms with Crippen LogP contribution in [0.15, 0.2) is 0 Å². The van der Waals surface area contributed by atoms with E-state index in [0.717, 1.165) is 25.7 Å². The molecule has 0 aliphatic heterocycles. The van der Waals surface area contributed by atoms with Gasteiger partial charge in [-0.1, -0.05) is 20.8 Å². The van der Waals surface area contributed by atoms with Crippen LogP contribution >= 0.6 is 0 Å². The molecule has 100 valence electrons. The summed E-state index contributed by atoms with van der Waals surface area (Å²) < 4.78 is 5.98. The molecule has 0 atom stereocenters. The number of hydrogen-bond donors (Lipinski definition) is 0. The number of hydrogen-bond acceptors (Lipinski definition) is 2. The van der Waals surface area contributed by atoms with E-state index in [9.17, 15) is 4.79 Å². The summed E-state index contributed by atoms with van der Waals surface area (Å²) in [5.74, 6) is 0.682. The van der Waals surface area contributed by atoms with E-state index in [4.69, 9.17) is 4.74 Å². The lowest BCUT2D eigenvalue weighted by Crippen LogP contribution is -2.35. The standard InChI is InChI=1S/C15H28O2/c1-14(2,3)13(16)11-7-9-12(10-8-11)17-15(4,5)6/h11-12H,7-10H2,1-6H3/t11-,12+. The number of carbonyl (C=O) groups excluding carboxylic acids is 1. The Balaban J connectivity index is 2.44. The van der Waals surface area contributed by atoms with Crippen LogP contribution in [0.5, 0.6) is 0 Å². The van der Waals surface area contributed by atoms with Crippen molar-refractivity contribution in [2.75, 3.05) is 0 Å². The summed E-state index contributed by atoms with van der Waals surface area (Å²) in [5.41, 5.74) is -0.256. The fourth-order valence-corrected chi connectivity index (χ4v) is 2.56. The number of Topliss-reactive ketones (excluding diaryl/α,β-unsaturated/α-hetero) is 1. The summed E-state index contributed by atoms with van der Waals surface area (Å²) in [6.45, 7) is 12.4. The molecule has 0 aromatic carbocycles. The average Bonchev–Trinajstić information content (AvgIpc) is 2.14. The van der Waals surface area contributed by atoms with Gasteiger partial charge < -0.3 is 4.74 Å². The Morgan fingerprint density at radius 2 is 1.41 bits per heavy atom. The third-order valence-corrected chi connectivity index (χ3v) is 3.30. The molecule has 0 bridgehead atoms. The highest BCUT2D eigenvalue weighted by atomic mass is 16.5. The van der Waals surface area contributed by atoms with Crippen molar-refractivity contribution in [3.8, 4) is 0 Å². The molecule has 2 nitrogen and oxygen atoms in total. The Hall–Kier alpha value is -0.370. The van der Waals surface area contributed by atoms with Crippen molar-refractivity contribution in [1.29, 1.82) is 0 Å². The summed E-state index contributed by atoms with van der Waals surface area (Å²) in [6.07, 6.45) is 4.40. The van der Waals surface area contributed by atoms with Gasteiger partial charge in [0.2, 0.25) is 0 Å². The maximum absolute atomic E-state index is 12.2. The van der Waals surface area contributed by atoms with E-state index in [-0.39, 0.29) is 16.9 Å². The predicted molar refractivity (Wildman–Crippen MR) is 71.0 cm³/mol. The Bertz CT molecular complexity index is 260. The van der Waals surface area contributed by atoms with Crippen LogP contribution in [0, 0.1) is 11.3 Å². The number of carbonyl (C=O) groups is 1. The second kappa shape index (κ2) is 5.09. The largest absolute Gasteiger partial charge is 0.373 e. The Kier molecular flexibility index (Phi) is 4.40. The highest BCUT2D eigenvalue weighted by Crippen LogP contribution is 2.33. The topological polar surface area (TPSA) is 26.3 Å². The first-order valence-electron chi connectivity index (χ1n) is 6.82. The molecule has 0 saturated heterocycles. The van der Waals surface area contributed by atoms with Gasteiger partial charge in [0.1, 0.15) is 5.78 Å². The second-order valence-corrected chi connectivity index (χ2v) is 7.32. The highest BCUT2D eigenvalue weighted by molar-refractivity contribution is 5.86. The van der Waals surface area contributed by atoms with Gasteiger partial charge >= 0.3 is 0 Å². The lowest BCUT2D eigenvalue weighted by atomic mass is 9.75. The minimum atomic E-state index is -0.192. The lowest BCUT2D eigenvalue weighted by molar-refractivity contribution is -0.134. The number of ether oxygens (including phenoxy) is 1. The molecule has 0 aromatic rings. The Labute approximate surface area is 106 Å². The average molecular weight is 240 g/mol. The fourth-order valence-electron chi connectivity index (χ4n) is 2.56. The van der Waals surface area contributed by atoms with Gasteiger partial charge in [-0.05, 0) is 46.5 Å². The molecule has 1 saturated carbocycles. The summed E-state index contributed by atoms with van der Waals surface area (Å²) in [6, 6.07) is 0. The molecule has 0 N–H and O–H groups in total. The first kappa shape index (κ1) is 14.7. The molecule has 0 spiro atoms. The summed E-state index contributed by atoms with van der Waals surface area (Å²) in [7, 11) is 0. The van der Waals surface area contributed by atoms with E-state index in [2.05, 4.69) is 20.8 Å². The minimum absolute atomic E-state index is 0.0639. The summed E-state index contributed by atoms with van der Waals surface area (Å²) in [5, 5.41) is 0. The van der Waals surface area contributed by atoms with Crippen molar-refractivity contribution in [1.82, 2.24) is 0 Å². The smallest absolute Gasteiger partial charge is 0.141 e. The second-order valence-electron chi connectivity index (χ2n) is 7.32. The van der Waals surface area contributed by atoms with E-state index in [1.807, 2.05) is 20.8 Å². The molecule has 2 heteroatoms. The van der Waals surface area contributed by atoms with Gasteiger partial charge in [0, 0.05) is 11.3 Å². The van der Waals surface area contributed by atoms with E-state index in [1.54, 1.807) is 0 Å². The third-order valence-electron chi connectivity index (χ3n) is 3.30. The van der Waals surface area contributed by atoms with Crippen molar-refractivity contribution in [3.05, 3.63) is 0 Å². The lowest BCUT2D eigenvalue weighted by Gasteiger charge is -2.34. The van der Waals surface area contributed by atoms with E-state index < -0.39 is 0 Å². The molecule has 0 amide bonds. The monoisotopic (exact) mass is 240 g/mol. The van der Waals surface area contributed by atoms with Gasteiger partial charge in [-0.25, -0.2) is 0 Å². The minimum Gasteiger partial charge on any atom is -0.373 e. The third kappa shape index (κ3) is 4.79. The van der Waals surface area contributed by atoms with Crippen LogP contribution in [0.25, 0.3) is 0 Å². The van der Waals surface area contributed by atoms with Crippen molar-refractivity contribution < 1.29 is 9.53 Å². The maximum atomic E-state index is 12.2. The van der Waals surface area contributed by atoms with E-state index in [1.165, 1.54) is 0 Å². The molecule has 0 aromatic heterocycles. The number of ketones is 1. The molecular formula is C15H28O2. The molecule has 0 heterocycles. The van der Waals surface area contributed by atoms with E-state index >= 15 is 0 Å². The zero-order chi connectivity index (χ0) is 13.3. The van der Waals surface area contributed by atoms with Crippen molar-refractivity contribution in [3.63, 3.8) is 0 Å². The Morgan fingerprint density at radius 3 is 1.76 bits per heavy atom. The highest BCUT2D eigenvalue weighted by Gasteiger charge is 2.33. The van der Waals surface area contributed by atoms with Crippen LogP contribution < -0.4 is 0 Å². The van der Waals surface area contributed by atoms with Crippen molar-refractivity contribution in [2.45, 2.75) is 78.9 Å². The van der Waals surface area contributed by atoms with Crippen LogP contribution in [0.4, 0.5) is 0 Å². The first-order valence-corrected chi connectivity index (χ1v) is 6.82. The molecule has 1 aliphatic carbocycles. The zero-order valence-corrected chi connectivity index (χ0v) is 12.3. The van der Waals surface area contributed by atoms with Gasteiger partial charge in [0.05, 0.1) is 11.7 Å². The Morgan fingerprint density at radius 1 is 0.941 bits per heavy atom. The van der Waals surface area contributed by atoms with Gasteiger partial charge in [0.25, 0.3) is 0 Å². The summed E-state index contributed by atoms with van der Waals surface area (Å²) >= 11 is 0. The van der Waals surface area contributed by atoms with Crippen LogP contribution in [0.3, 0.4) is 0 Å². The van der Waals surface area contributed by atoms with E-state index in [0.29, 0.717) is 11.9 Å². The van der Waals surface area contributed by atoms with Crippen molar-refractivity contribution in [2.24, 2.45) is 11.3 Å². The molecule has 17 heavy (non-hydrogen) atoms. The number of rotatable bonds is 2. The van der Waals surface area contributed by atoms with Gasteiger partial charge in [-0.15, -0.1) is 0 Å². The van der Waals surface area contributed by atoms with Crippen LogP contribution in [0.1, 0.15) is 67.2 Å². The van der Waals surface area contributed by atoms with Crippen LogP contribution in [-0.4, -0.2) is 17.5 Å².